The summed E-state index contributed by atoms with van der Waals surface area (Å²) in [6, 6.07) is 8.97. The average Bonchev–Trinajstić information content (AvgIpc) is 3.24. The molecular formula is C23H28N2O9. The second-order valence-electron chi connectivity index (χ2n) is 8.87. The normalized spacial score (nSPS) is 25.1. The molecule has 184 valence electrons. The van der Waals surface area contributed by atoms with E-state index in [0.717, 1.165) is 24.1 Å². The van der Waals surface area contributed by atoms with Crippen molar-refractivity contribution in [2.75, 3.05) is 7.05 Å². The predicted molar refractivity (Wildman–Crippen MR) is 118 cm³/mol. The second-order valence-corrected chi connectivity index (χ2v) is 8.87. The van der Waals surface area contributed by atoms with Gasteiger partial charge in [-0.3, -0.25) is 19.4 Å². The first kappa shape index (κ1) is 25.3. The lowest BCUT2D eigenvalue weighted by Crippen LogP contribution is -2.43. The molecule has 0 aromatic heterocycles. The lowest BCUT2D eigenvalue weighted by molar-refractivity contribution is -0.170. The molecule has 3 aliphatic heterocycles. The maximum Gasteiger partial charge on any atom is 0.336 e. The maximum absolute atomic E-state index is 12.5. The van der Waals surface area contributed by atoms with Crippen LogP contribution in [-0.2, 0) is 23.9 Å². The number of carboxylic acid groups (broad SMARTS) is 3. The zero-order chi connectivity index (χ0) is 25.0. The van der Waals surface area contributed by atoms with E-state index in [2.05, 4.69) is 16.9 Å². The molecular weight excluding hydrogens is 448 g/mol. The quantitative estimate of drug-likeness (QED) is 0.421. The summed E-state index contributed by atoms with van der Waals surface area (Å²) in [5.41, 5.74) is -0.876. The Labute approximate surface area is 195 Å². The number of fused-ring (bicyclic) bond motifs is 3. The summed E-state index contributed by atoms with van der Waals surface area (Å²) in [6.45, 7) is 0. The van der Waals surface area contributed by atoms with Gasteiger partial charge in [0.25, 0.3) is 0 Å². The molecule has 34 heavy (non-hydrogen) atoms. The summed E-state index contributed by atoms with van der Waals surface area (Å²) in [5.74, 6) is -5.48. The van der Waals surface area contributed by atoms with Crippen molar-refractivity contribution in [2.45, 2.75) is 68.2 Å². The summed E-state index contributed by atoms with van der Waals surface area (Å²) >= 11 is 0. The largest absolute Gasteiger partial charge is 0.481 e. The third-order valence-electron chi connectivity index (χ3n) is 6.51. The molecule has 0 aliphatic carbocycles. The molecule has 2 fully saturated rings. The number of piperidine rings is 1. The maximum atomic E-state index is 12.5. The van der Waals surface area contributed by atoms with Gasteiger partial charge in [0.1, 0.15) is 12.0 Å². The number of hydrogen-bond acceptors (Lipinski definition) is 8. The molecule has 2 bridgehead atoms. The number of esters is 1. The summed E-state index contributed by atoms with van der Waals surface area (Å²) in [4.78, 5) is 49.7. The van der Waals surface area contributed by atoms with E-state index in [-0.39, 0.29) is 18.0 Å². The Morgan fingerprint density at radius 1 is 1.03 bits per heavy atom. The fourth-order valence-electron chi connectivity index (χ4n) is 4.70. The van der Waals surface area contributed by atoms with Crippen molar-refractivity contribution in [1.82, 2.24) is 4.90 Å². The number of aliphatic carboxylic acids is 3. The van der Waals surface area contributed by atoms with Crippen LogP contribution in [0, 0.1) is 0 Å². The van der Waals surface area contributed by atoms with Crippen LogP contribution in [0.1, 0.15) is 50.0 Å². The Kier molecular flexibility index (Phi) is 7.68. The zero-order valence-electron chi connectivity index (χ0n) is 18.7. The van der Waals surface area contributed by atoms with E-state index >= 15 is 0 Å². The van der Waals surface area contributed by atoms with Crippen LogP contribution in [0.3, 0.4) is 0 Å². The summed E-state index contributed by atoms with van der Waals surface area (Å²) in [6.07, 6.45) is 3.94. The molecule has 0 radical (unpaired) electrons. The fourth-order valence-corrected chi connectivity index (χ4v) is 4.70. The van der Waals surface area contributed by atoms with Crippen molar-refractivity contribution >= 4 is 35.8 Å². The van der Waals surface area contributed by atoms with E-state index in [9.17, 15) is 19.2 Å². The van der Waals surface area contributed by atoms with Crippen LogP contribution in [0.5, 0.6) is 0 Å². The van der Waals surface area contributed by atoms with Crippen LogP contribution in [0.25, 0.3) is 0 Å². The van der Waals surface area contributed by atoms with Gasteiger partial charge in [-0.2, -0.15) is 0 Å². The summed E-state index contributed by atoms with van der Waals surface area (Å²) < 4.78 is 5.80. The minimum atomic E-state index is -2.74. The minimum Gasteiger partial charge on any atom is -0.481 e. The van der Waals surface area contributed by atoms with Gasteiger partial charge >= 0.3 is 23.9 Å². The fraction of sp³-hybridized carbons (Fsp3) is 0.522. The standard InChI is InChI=1S/C17H20N2O2.C6H8O7/c1-19-11-6-7-12(19)9-13(8-11)21-17(20)15-10-18-16-5-3-2-4-14(15)16;7-3(8)1-6(13,5(11)12)2-4(9)10/h2-5,10-13,15H,6-9H2,1H3;13H,1-2H2,(H,7,8)(H,9,10)(H,11,12). The molecule has 4 N–H and O–H groups in total. The predicted octanol–water partition coefficient (Wildman–Crippen LogP) is 1.41. The number of ether oxygens (including phenoxy) is 1. The van der Waals surface area contributed by atoms with Gasteiger partial charge in [-0.1, -0.05) is 18.2 Å². The smallest absolute Gasteiger partial charge is 0.336 e. The van der Waals surface area contributed by atoms with E-state index < -0.39 is 36.4 Å². The highest BCUT2D eigenvalue weighted by Gasteiger charge is 2.41. The molecule has 1 aromatic rings. The first-order chi connectivity index (χ1) is 16.0. The highest BCUT2D eigenvalue weighted by atomic mass is 16.5. The number of carboxylic acids is 3. The van der Waals surface area contributed by atoms with Gasteiger partial charge in [-0.15, -0.1) is 0 Å². The number of para-hydroxylation sites is 1. The van der Waals surface area contributed by atoms with Crippen LogP contribution in [0.4, 0.5) is 5.69 Å². The van der Waals surface area contributed by atoms with Gasteiger partial charge in [-0.05, 0) is 44.4 Å². The average molecular weight is 476 g/mol. The lowest BCUT2D eigenvalue weighted by Gasteiger charge is -2.36. The van der Waals surface area contributed by atoms with Gasteiger partial charge in [0, 0.05) is 18.3 Å². The Hall–Kier alpha value is -3.31. The van der Waals surface area contributed by atoms with Crippen molar-refractivity contribution in [3.8, 4) is 0 Å². The van der Waals surface area contributed by atoms with Crippen molar-refractivity contribution in [3.05, 3.63) is 29.8 Å². The molecule has 3 aliphatic rings. The highest BCUT2D eigenvalue weighted by Crippen LogP contribution is 2.37. The summed E-state index contributed by atoms with van der Waals surface area (Å²) in [5, 5.41) is 33.8. The van der Waals surface area contributed by atoms with Gasteiger partial charge in [0.2, 0.25) is 0 Å². The zero-order valence-corrected chi connectivity index (χ0v) is 18.7. The Morgan fingerprint density at radius 2 is 1.59 bits per heavy atom. The van der Waals surface area contributed by atoms with Gasteiger partial charge < -0.3 is 30.1 Å². The number of benzene rings is 1. The van der Waals surface area contributed by atoms with Crippen molar-refractivity contribution < 1.29 is 44.3 Å². The molecule has 3 heterocycles. The van der Waals surface area contributed by atoms with E-state index in [1.165, 1.54) is 12.8 Å². The first-order valence-corrected chi connectivity index (χ1v) is 10.9. The van der Waals surface area contributed by atoms with Crippen LogP contribution in [0.15, 0.2) is 29.3 Å². The number of nitrogens with zero attached hydrogens (tertiary/aromatic N) is 2. The molecule has 0 amide bonds. The van der Waals surface area contributed by atoms with E-state index in [1.54, 1.807) is 6.21 Å². The molecule has 11 heteroatoms. The van der Waals surface area contributed by atoms with E-state index in [0.29, 0.717) is 12.1 Å². The Morgan fingerprint density at radius 3 is 2.12 bits per heavy atom. The van der Waals surface area contributed by atoms with Crippen molar-refractivity contribution in [2.24, 2.45) is 4.99 Å². The first-order valence-electron chi connectivity index (χ1n) is 10.9. The van der Waals surface area contributed by atoms with Crippen molar-refractivity contribution in [3.63, 3.8) is 0 Å². The number of rotatable bonds is 7. The van der Waals surface area contributed by atoms with Crippen LogP contribution < -0.4 is 0 Å². The van der Waals surface area contributed by atoms with Gasteiger partial charge in [-0.25, -0.2) is 4.79 Å². The second kappa shape index (κ2) is 10.3. The molecule has 3 unspecified atom stereocenters. The monoisotopic (exact) mass is 476 g/mol. The summed E-state index contributed by atoms with van der Waals surface area (Å²) in [7, 11) is 2.19. The molecule has 2 saturated heterocycles. The number of aliphatic hydroxyl groups is 1. The Bertz CT molecular complexity index is 962. The van der Waals surface area contributed by atoms with E-state index in [4.69, 9.17) is 25.2 Å². The van der Waals surface area contributed by atoms with Gasteiger partial charge in [0.05, 0.1) is 18.5 Å². The number of carbonyl (C=O) groups is 4. The molecule has 11 nitrogen and oxygen atoms in total. The van der Waals surface area contributed by atoms with Gasteiger partial charge in [0.15, 0.2) is 5.60 Å². The SMILES string of the molecule is CN1C2CCC1CC(OC(=O)C1C=Nc3ccccc31)C2.O=C(O)CC(O)(CC(=O)O)C(=O)O. The van der Waals surface area contributed by atoms with Crippen molar-refractivity contribution in [1.29, 1.82) is 0 Å². The molecule has 0 spiro atoms. The van der Waals surface area contributed by atoms with E-state index in [1.807, 2.05) is 24.3 Å². The number of hydrogen-bond donors (Lipinski definition) is 4. The molecule has 1 aromatic carbocycles. The third kappa shape index (κ3) is 5.78. The molecule has 0 saturated carbocycles. The minimum absolute atomic E-state index is 0.0763. The molecule has 3 atom stereocenters. The van der Waals surface area contributed by atoms with Crippen LogP contribution in [-0.4, -0.2) is 86.3 Å². The topological polar surface area (TPSA) is 174 Å². The Balaban J connectivity index is 0.000000218. The van der Waals surface area contributed by atoms with Crippen LogP contribution in [0.2, 0.25) is 0 Å². The molecule has 4 rings (SSSR count). The third-order valence-corrected chi connectivity index (χ3v) is 6.51. The highest BCUT2D eigenvalue weighted by molar-refractivity contribution is 6.01. The lowest BCUT2D eigenvalue weighted by atomic mass is 9.96. The number of carbonyl (C=O) groups excluding carboxylic acids is 1. The van der Waals surface area contributed by atoms with Crippen LogP contribution >= 0.6 is 0 Å². The number of aliphatic imine (C=N–C) groups is 1.